The van der Waals surface area contributed by atoms with Crippen LogP contribution < -0.4 is 0 Å². The van der Waals surface area contributed by atoms with E-state index in [4.69, 9.17) is 0 Å². The largest absolute Gasteiger partial charge is 0.417 e. The number of thiophene rings is 1. The van der Waals surface area contributed by atoms with Gasteiger partial charge in [0.2, 0.25) is 0 Å². The monoisotopic (exact) mass is 194 g/mol. The van der Waals surface area contributed by atoms with Gasteiger partial charge in [-0.15, -0.1) is 11.3 Å². The van der Waals surface area contributed by atoms with Crippen LogP contribution in [0, 0.1) is 0 Å². The van der Waals surface area contributed by atoms with Crippen molar-refractivity contribution in [1.29, 1.82) is 0 Å². The molecule has 0 amide bonds. The summed E-state index contributed by atoms with van der Waals surface area (Å²) < 4.78 is 36.2. The van der Waals surface area contributed by atoms with Crippen LogP contribution in [0.1, 0.15) is 30.2 Å². The molecule has 4 heteroatoms. The predicted octanol–water partition coefficient (Wildman–Crippen LogP) is 3.89. The van der Waals surface area contributed by atoms with Gasteiger partial charge in [-0.05, 0) is 12.0 Å². The Morgan fingerprint density at radius 1 is 1.33 bits per heavy atom. The first-order valence-electron chi connectivity index (χ1n) is 3.57. The highest BCUT2D eigenvalue weighted by molar-refractivity contribution is 7.10. The molecule has 0 aliphatic rings. The number of hydrogen-bond acceptors (Lipinski definition) is 1. The molecule has 0 saturated carbocycles. The Kier molecular flexibility index (Phi) is 2.46. The lowest BCUT2D eigenvalue weighted by Gasteiger charge is -2.01. The van der Waals surface area contributed by atoms with Gasteiger partial charge in [-0.25, -0.2) is 0 Å². The minimum absolute atomic E-state index is 0.172. The molecule has 1 aromatic rings. The van der Waals surface area contributed by atoms with Crippen LogP contribution in [0.25, 0.3) is 0 Å². The zero-order chi connectivity index (χ0) is 9.35. The smallest absolute Gasteiger partial charge is 0.166 e. The van der Waals surface area contributed by atoms with E-state index in [9.17, 15) is 13.2 Å². The second-order valence-electron chi connectivity index (χ2n) is 2.89. The Morgan fingerprint density at radius 3 is 2.17 bits per heavy atom. The first-order chi connectivity index (χ1) is 5.41. The number of halogens is 3. The molecule has 0 radical (unpaired) electrons. The first kappa shape index (κ1) is 9.58. The molecule has 0 spiro atoms. The zero-order valence-electron chi connectivity index (χ0n) is 6.77. The normalized spacial score (nSPS) is 12.5. The van der Waals surface area contributed by atoms with E-state index in [0.717, 1.165) is 21.6 Å². The van der Waals surface area contributed by atoms with Crippen molar-refractivity contribution in [1.82, 2.24) is 0 Å². The molecule has 0 aliphatic heterocycles. The summed E-state index contributed by atoms with van der Waals surface area (Å²) in [4.78, 5) is 0.780. The van der Waals surface area contributed by atoms with Crippen LogP contribution >= 0.6 is 11.3 Å². The summed E-state index contributed by atoms with van der Waals surface area (Å²) >= 11 is 1.16. The molecular weight excluding hydrogens is 185 g/mol. The number of hydrogen-bond donors (Lipinski definition) is 0. The Morgan fingerprint density at radius 2 is 1.92 bits per heavy atom. The maximum Gasteiger partial charge on any atom is 0.417 e. The lowest BCUT2D eigenvalue weighted by atomic mass is 10.1. The van der Waals surface area contributed by atoms with Crippen molar-refractivity contribution in [2.24, 2.45) is 0 Å². The molecular formula is C8H9F3S. The van der Waals surface area contributed by atoms with E-state index < -0.39 is 11.7 Å². The average Bonchev–Trinajstić information content (AvgIpc) is 2.30. The van der Waals surface area contributed by atoms with Crippen LogP contribution in [-0.4, -0.2) is 0 Å². The summed E-state index contributed by atoms with van der Waals surface area (Å²) in [5, 5.41) is 1.16. The van der Waals surface area contributed by atoms with Crippen LogP contribution in [0.15, 0.2) is 11.4 Å². The third-order valence-electron chi connectivity index (χ3n) is 1.52. The van der Waals surface area contributed by atoms with Crippen molar-refractivity contribution in [2.45, 2.75) is 25.9 Å². The summed E-state index contributed by atoms with van der Waals surface area (Å²) in [7, 11) is 0. The highest BCUT2D eigenvalue weighted by Gasteiger charge is 2.31. The quantitative estimate of drug-likeness (QED) is 0.636. The van der Waals surface area contributed by atoms with E-state index in [2.05, 4.69) is 0 Å². The molecule has 12 heavy (non-hydrogen) atoms. The highest BCUT2D eigenvalue weighted by Crippen LogP contribution is 2.34. The number of rotatable bonds is 1. The van der Waals surface area contributed by atoms with Crippen LogP contribution in [0.5, 0.6) is 0 Å². The van der Waals surface area contributed by atoms with Crippen LogP contribution in [0.2, 0.25) is 0 Å². The van der Waals surface area contributed by atoms with Gasteiger partial charge in [0.1, 0.15) is 0 Å². The SMILES string of the molecule is CC(C)c1cc(C(F)(F)F)cs1. The Hall–Kier alpha value is -0.510. The minimum atomic E-state index is -4.19. The van der Waals surface area contributed by atoms with E-state index in [1.165, 1.54) is 6.07 Å². The van der Waals surface area contributed by atoms with Gasteiger partial charge in [-0.3, -0.25) is 0 Å². The molecule has 0 unspecified atom stereocenters. The fourth-order valence-electron chi connectivity index (χ4n) is 0.804. The lowest BCUT2D eigenvalue weighted by Crippen LogP contribution is -2.02. The Bertz CT molecular complexity index is 260. The van der Waals surface area contributed by atoms with Gasteiger partial charge in [0, 0.05) is 10.3 Å². The van der Waals surface area contributed by atoms with Gasteiger partial charge in [-0.1, -0.05) is 13.8 Å². The van der Waals surface area contributed by atoms with E-state index >= 15 is 0 Å². The van der Waals surface area contributed by atoms with Gasteiger partial charge < -0.3 is 0 Å². The Balaban J connectivity index is 2.92. The molecule has 1 aromatic heterocycles. The molecule has 0 bridgehead atoms. The van der Waals surface area contributed by atoms with E-state index in [-0.39, 0.29) is 5.92 Å². The highest BCUT2D eigenvalue weighted by atomic mass is 32.1. The van der Waals surface area contributed by atoms with Gasteiger partial charge in [0.15, 0.2) is 0 Å². The Labute approximate surface area is 73.0 Å². The molecule has 0 nitrogen and oxygen atoms in total. The predicted molar refractivity (Wildman–Crippen MR) is 43.4 cm³/mol. The third-order valence-corrected chi connectivity index (χ3v) is 2.75. The molecule has 0 aromatic carbocycles. The van der Waals surface area contributed by atoms with Gasteiger partial charge in [0.05, 0.1) is 5.56 Å². The maximum atomic E-state index is 12.1. The summed E-state index contributed by atoms with van der Waals surface area (Å²) in [5.41, 5.74) is -0.531. The standard InChI is InChI=1S/C8H9F3S/c1-5(2)7-3-6(4-12-7)8(9,10)11/h3-5H,1-2H3. The van der Waals surface area contributed by atoms with E-state index in [0.29, 0.717) is 0 Å². The second-order valence-corrected chi connectivity index (χ2v) is 3.83. The molecule has 0 saturated heterocycles. The van der Waals surface area contributed by atoms with Crippen molar-refractivity contribution >= 4 is 11.3 Å². The molecule has 1 heterocycles. The van der Waals surface area contributed by atoms with Crippen molar-refractivity contribution < 1.29 is 13.2 Å². The summed E-state index contributed by atoms with van der Waals surface area (Å²) in [6.07, 6.45) is -4.19. The molecule has 0 atom stereocenters. The van der Waals surface area contributed by atoms with Gasteiger partial charge in [0.25, 0.3) is 0 Å². The van der Waals surface area contributed by atoms with Crippen molar-refractivity contribution in [3.05, 3.63) is 21.9 Å². The van der Waals surface area contributed by atoms with Crippen LogP contribution in [0.4, 0.5) is 13.2 Å². The molecule has 0 fully saturated rings. The van der Waals surface area contributed by atoms with E-state index in [1.54, 1.807) is 0 Å². The van der Waals surface area contributed by atoms with Crippen molar-refractivity contribution in [2.75, 3.05) is 0 Å². The topological polar surface area (TPSA) is 0 Å². The summed E-state index contributed by atoms with van der Waals surface area (Å²) in [6.45, 7) is 3.76. The van der Waals surface area contributed by atoms with Crippen molar-refractivity contribution in [3.8, 4) is 0 Å². The average molecular weight is 194 g/mol. The zero-order valence-corrected chi connectivity index (χ0v) is 7.59. The molecule has 0 N–H and O–H groups in total. The first-order valence-corrected chi connectivity index (χ1v) is 4.45. The fraction of sp³-hybridized carbons (Fsp3) is 0.500. The minimum Gasteiger partial charge on any atom is -0.166 e. The summed E-state index contributed by atoms with van der Waals surface area (Å²) in [6, 6.07) is 1.22. The second kappa shape index (κ2) is 3.09. The summed E-state index contributed by atoms with van der Waals surface area (Å²) in [5.74, 6) is 0.172. The van der Waals surface area contributed by atoms with Crippen LogP contribution in [-0.2, 0) is 6.18 Å². The molecule has 0 aliphatic carbocycles. The van der Waals surface area contributed by atoms with Gasteiger partial charge >= 0.3 is 6.18 Å². The number of alkyl halides is 3. The fourth-order valence-corrected chi connectivity index (χ4v) is 1.74. The van der Waals surface area contributed by atoms with Crippen molar-refractivity contribution in [3.63, 3.8) is 0 Å². The maximum absolute atomic E-state index is 12.1. The van der Waals surface area contributed by atoms with Crippen LogP contribution in [0.3, 0.4) is 0 Å². The lowest BCUT2D eigenvalue weighted by molar-refractivity contribution is -0.137. The third kappa shape index (κ3) is 2.00. The molecule has 1 rings (SSSR count). The van der Waals surface area contributed by atoms with Gasteiger partial charge in [-0.2, -0.15) is 13.2 Å². The van der Waals surface area contributed by atoms with E-state index in [1.807, 2.05) is 13.8 Å². The molecule has 68 valence electrons.